The van der Waals surface area contributed by atoms with E-state index in [4.69, 9.17) is 23.7 Å². The Kier molecular flexibility index (Phi) is 58.6. The van der Waals surface area contributed by atoms with Crippen molar-refractivity contribution in [3.8, 4) is 0 Å². The van der Waals surface area contributed by atoms with Crippen LogP contribution in [0.4, 0.5) is 4.79 Å². The number of carbonyl (C=O) groups excluding carboxylic acids is 6. The SMILES string of the molecule is C=COCC(COC(=O)CCCCCCCC)CC(=O)OCC1CCCN1C(=O)OCCCN1CCC(C)CC1.CCCCCCCCC.CCCCCCCCC(=O)OCC(CC=O)CC(C)CC.CCCCCCCCC(C)=O. The molecule has 13 nitrogen and oxygen atoms in total. The van der Waals surface area contributed by atoms with Crippen LogP contribution < -0.4 is 0 Å². The molecule has 81 heavy (non-hydrogen) atoms. The largest absolute Gasteiger partial charge is 0.501 e. The van der Waals surface area contributed by atoms with E-state index in [0.717, 1.165) is 109 Å². The van der Waals surface area contributed by atoms with E-state index in [1.165, 1.54) is 141 Å². The van der Waals surface area contributed by atoms with Crippen LogP contribution in [0.1, 0.15) is 300 Å². The van der Waals surface area contributed by atoms with E-state index in [-0.39, 0.29) is 62.2 Å². The molecule has 0 saturated carbocycles. The van der Waals surface area contributed by atoms with E-state index >= 15 is 0 Å². The molecule has 0 aromatic heterocycles. The number of carbonyl (C=O) groups is 6. The summed E-state index contributed by atoms with van der Waals surface area (Å²) in [6.07, 6.45) is 42.4. The molecule has 0 bridgehead atoms. The Morgan fingerprint density at radius 1 is 0.556 bits per heavy atom. The van der Waals surface area contributed by atoms with Gasteiger partial charge in [0.05, 0.1) is 45.2 Å². The van der Waals surface area contributed by atoms with Crippen molar-refractivity contribution in [2.24, 2.45) is 23.7 Å². The average molecular weight is 1150 g/mol. The molecule has 4 unspecified atom stereocenters. The summed E-state index contributed by atoms with van der Waals surface area (Å²) < 4.78 is 27.1. The molecule has 2 heterocycles. The van der Waals surface area contributed by atoms with Gasteiger partial charge in [-0.1, -0.05) is 210 Å². The third-order valence-electron chi connectivity index (χ3n) is 15.6. The highest BCUT2D eigenvalue weighted by Gasteiger charge is 2.31. The van der Waals surface area contributed by atoms with Crippen LogP contribution in [-0.4, -0.2) is 111 Å². The van der Waals surface area contributed by atoms with Gasteiger partial charge in [-0.15, -0.1) is 0 Å². The van der Waals surface area contributed by atoms with E-state index in [1.807, 2.05) is 0 Å². The lowest BCUT2D eigenvalue weighted by Gasteiger charge is -2.30. The zero-order valence-corrected chi connectivity index (χ0v) is 54.2. The maximum atomic E-state index is 12.7. The van der Waals surface area contributed by atoms with Crippen molar-refractivity contribution in [3.05, 3.63) is 12.8 Å². The van der Waals surface area contributed by atoms with Gasteiger partial charge in [0, 0.05) is 44.7 Å². The average Bonchev–Trinajstić information content (AvgIpc) is 3.94. The quantitative estimate of drug-likeness (QED) is 0.0187. The maximum absolute atomic E-state index is 12.7. The molecular weight excluding hydrogens is 1020 g/mol. The molecule has 2 fully saturated rings. The van der Waals surface area contributed by atoms with Crippen LogP contribution in [-0.2, 0) is 47.7 Å². The molecule has 0 aromatic rings. The van der Waals surface area contributed by atoms with Gasteiger partial charge in [-0.2, -0.15) is 0 Å². The Balaban J connectivity index is 0. The van der Waals surface area contributed by atoms with E-state index in [1.54, 1.807) is 11.8 Å². The highest BCUT2D eigenvalue weighted by atomic mass is 16.6. The Bertz CT molecular complexity index is 1480. The fraction of sp³-hybridized carbons (Fsp3) is 0.882. The summed E-state index contributed by atoms with van der Waals surface area (Å²) in [5, 5.41) is 0. The Labute approximate surface area is 498 Å². The van der Waals surface area contributed by atoms with Crippen LogP contribution in [0.5, 0.6) is 0 Å². The molecule has 1 amide bonds. The van der Waals surface area contributed by atoms with E-state index < -0.39 is 5.97 Å². The molecule has 0 N–H and O–H groups in total. The summed E-state index contributed by atoms with van der Waals surface area (Å²) in [6.45, 7) is 28.0. The standard InChI is InChI=1S/C31H54N2O7.C18H34O3.C10H20O.C9H20/c1-4-6-7-8-9-10-14-29(34)39-24-27(23-37-5-2)22-30(35)40-25-28-13-11-18-33(28)31(36)38-21-12-17-32-19-15-26(3)16-20-32;1-4-6-7-8-9-10-11-18(20)21-15-17(12-13-19)14-16(3)5-2;1-3-4-5-6-7-8-9-10(2)11;1-3-5-7-9-8-6-4-2/h5,26-28H,2,4,6-25H2,1,3H3;13,16-17H,4-12,14-15H2,1-3H3;3-9H2,1-2H3;3-9H2,1-2H3. The topological polar surface area (TPSA) is 155 Å². The molecule has 2 aliphatic rings. The van der Waals surface area contributed by atoms with Crippen molar-refractivity contribution in [2.45, 2.75) is 306 Å². The van der Waals surface area contributed by atoms with E-state index in [9.17, 15) is 28.8 Å². The summed E-state index contributed by atoms with van der Waals surface area (Å²) >= 11 is 0. The molecule has 0 aliphatic carbocycles. The number of unbranched alkanes of at least 4 members (excludes halogenated alkanes) is 21. The fourth-order valence-electron chi connectivity index (χ4n) is 9.87. The highest BCUT2D eigenvalue weighted by molar-refractivity contribution is 5.75. The first-order valence-electron chi connectivity index (χ1n) is 33.5. The number of amides is 1. The lowest BCUT2D eigenvalue weighted by atomic mass is 9.92. The summed E-state index contributed by atoms with van der Waals surface area (Å²) in [5.74, 6) is 0.814. The Morgan fingerprint density at radius 3 is 1.48 bits per heavy atom. The fourth-order valence-corrected chi connectivity index (χ4v) is 9.87. The second-order valence-corrected chi connectivity index (χ2v) is 23.6. The molecule has 2 aliphatic heterocycles. The number of likely N-dealkylation sites (tertiary alicyclic amines) is 2. The molecular formula is C68H128N2O11. The number of nitrogens with zero attached hydrogens (tertiary/aromatic N) is 2. The molecule has 13 heteroatoms. The first-order chi connectivity index (χ1) is 39.2. The third kappa shape index (κ3) is 53.0. The van der Waals surface area contributed by atoms with Crippen molar-refractivity contribution < 1.29 is 52.5 Å². The summed E-state index contributed by atoms with van der Waals surface area (Å²) in [6, 6.07) is -0.182. The normalized spacial score (nSPS) is 15.3. The van der Waals surface area contributed by atoms with Crippen molar-refractivity contribution in [2.75, 3.05) is 59.2 Å². The van der Waals surface area contributed by atoms with Crippen LogP contribution in [0.15, 0.2) is 12.8 Å². The van der Waals surface area contributed by atoms with Gasteiger partial charge in [-0.25, -0.2) is 4.79 Å². The smallest absolute Gasteiger partial charge is 0.410 e. The molecule has 2 rings (SSSR count). The number of hydrogen-bond donors (Lipinski definition) is 0. The van der Waals surface area contributed by atoms with Crippen LogP contribution in [0, 0.1) is 23.7 Å². The first-order valence-corrected chi connectivity index (χ1v) is 33.5. The van der Waals surface area contributed by atoms with Gasteiger partial charge >= 0.3 is 24.0 Å². The number of aldehydes is 1. The first kappa shape index (κ1) is 79.6. The van der Waals surface area contributed by atoms with Gasteiger partial charge in [0.2, 0.25) is 0 Å². The summed E-state index contributed by atoms with van der Waals surface area (Å²) in [7, 11) is 0. The van der Waals surface area contributed by atoms with Crippen molar-refractivity contribution in [1.82, 2.24) is 9.80 Å². The summed E-state index contributed by atoms with van der Waals surface area (Å²) in [4.78, 5) is 74.4. The molecule has 0 aromatic carbocycles. The Morgan fingerprint density at radius 2 is 1.02 bits per heavy atom. The second-order valence-electron chi connectivity index (χ2n) is 23.6. The third-order valence-corrected chi connectivity index (χ3v) is 15.6. The zero-order valence-electron chi connectivity index (χ0n) is 54.2. The summed E-state index contributed by atoms with van der Waals surface area (Å²) in [5.41, 5.74) is 0. The second kappa shape index (κ2) is 59.7. The van der Waals surface area contributed by atoms with Gasteiger partial charge < -0.3 is 43.1 Å². The minimum Gasteiger partial charge on any atom is -0.501 e. The lowest BCUT2D eigenvalue weighted by Crippen LogP contribution is -2.39. The van der Waals surface area contributed by atoms with Crippen LogP contribution in [0.2, 0.25) is 0 Å². The molecule has 4 atom stereocenters. The lowest BCUT2D eigenvalue weighted by molar-refractivity contribution is -0.151. The number of Topliss-reactive ketones (excluding diaryl/α,β-unsaturated/α-hetero) is 1. The van der Waals surface area contributed by atoms with Gasteiger partial charge in [-0.05, 0) is 95.6 Å². The minimum atomic E-state index is -0.402. The van der Waals surface area contributed by atoms with Crippen molar-refractivity contribution in [3.63, 3.8) is 0 Å². The van der Waals surface area contributed by atoms with Crippen LogP contribution in [0.25, 0.3) is 0 Å². The van der Waals surface area contributed by atoms with Gasteiger partial charge in [0.15, 0.2) is 0 Å². The predicted octanol–water partition coefficient (Wildman–Crippen LogP) is 17.7. The van der Waals surface area contributed by atoms with Crippen molar-refractivity contribution in [1.29, 1.82) is 0 Å². The molecule has 0 radical (unpaired) electrons. The van der Waals surface area contributed by atoms with Gasteiger partial charge in [-0.3, -0.25) is 14.4 Å². The van der Waals surface area contributed by atoms with Crippen molar-refractivity contribution >= 4 is 36.1 Å². The van der Waals surface area contributed by atoms with Gasteiger partial charge in [0.1, 0.15) is 18.7 Å². The number of hydrogen-bond acceptors (Lipinski definition) is 12. The Hall–Kier alpha value is -3.48. The number of ether oxygens (including phenoxy) is 5. The number of rotatable bonds is 47. The van der Waals surface area contributed by atoms with Crippen LogP contribution >= 0.6 is 0 Å². The number of esters is 3. The van der Waals surface area contributed by atoms with Gasteiger partial charge in [0.25, 0.3) is 0 Å². The van der Waals surface area contributed by atoms with Crippen LogP contribution in [0.3, 0.4) is 0 Å². The van der Waals surface area contributed by atoms with E-state index in [0.29, 0.717) is 50.7 Å². The van der Waals surface area contributed by atoms with E-state index in [2.05, 4.69) is 66.9 Å². The number of ketones is 1. The maximum Gasteiger partial charge on any atom is 0.410 e. The minimum absolute atomic E-state index is 0.0601. The zero-order chi connectivity index (χ0) is 60.4. The molecule has 2 saturated heterocycles. The predicted molar refractivity (Wildman–Crippen MR) is 334 cm³/mol. The monoisotopic (exact) mass is 1150 g/mol. The highest BCUT2D eigenvalue weighted by Crippen LogP contribution is 2.22. The molecule has 0 spiro atoms. The molecule has 476 valence electrons. The number of piperidine rings is 1.